The van der Waals surface area contributed by atoms with Crippen LogP contribution in [0.25, 0.3) is 0 Å². The molecule has 5 nitrogen and oxygen atoms in total. The van der Waals surface area contributed by atoms with Gasteiger partial charge in [0, 0.05) is 12.0 Å². The fourth-order valence-corrected chi connectivity index (χ4v) is 5.15. The number of benzene rings is 2. The number of unbranched alkanes of at least 4 members (excludes halogenated alkanes) is 9. The lowest BCUT2D eigenvalue weighted by Crippen LogP contribution is -2.43. The summed E-state index contributed by atoms with van der Waals surface area (Å²) in [6.07, 6.45) is 13.8. The summed E-state index contributed by atoms with van der Waals surface area (Å²) < 4.78 is 11.3. The van der Waals surface area contributed by atoms with Gasteiger partial charge in [0.25, 0.3) is 5.91 Å². The monoisotopic (exact) mass is 541 g/mol. The molecule has 38 heavy (non-hydrogen) atoms. The SMILES string of the molecule is CCCCCCCCCCCCSC(C)Oc1ccc(C[C@H](NC(=O)c2ccccc2)C(=O)OCC)cc1. The van der Waals surface area contributed by atoms with Gasteiger partial charge in [-0.3, -0.25) is 4.79 Å². The number of hydrogen-bond acceptors (Lipinski definition) is 5. The van der Waals surface area contributed by atoms with Crippen LogP contribution in [0.3, 0.4) is 0 Å². The molecule has 2 rings (SSSR count). The van der Waals surface area contributed by atoms with Gasteiger partial charge >= 0.3 is 5.97 Å². The van der Waals surface area contributed by atoms with E-state index in [2.05, 4.69) is 19.2 Å². The number of ether oxygens (including phenoxy) is 2. The Morgan fingerprint density at radius 1 is 0.816 bits per heavy atom. The zero-order valence-electron chi connectivity index (χ0n) is 23.6. The van der Waals surface area contributed by atoms with Gasteiger partial charge in [-0.15, -0.1) is 11.8 Å². The summed E-state index contributed by atoms with van der Waals surface area (Å²) in [5, 5.41) is 2.82. The molecule has 0 aliphatic heterocycles. The molecular formula is C32H47NO4S. The number of hydrogen-bond donors (Lipinski definition) is 1. The van der Waals surface area contributed by atoms with E-state index < -0.39 is 12.0 Å². The molecule has 2 aromatic rings. The van der Waals surface area contributed by atoms with E-state index in [0.29, 0.717) is 12.0 Å². The quantitative estimate of drug-likeness (QED) is 0.105. The third kappa shape index (κ3) is 13.4. The maximum Gasteiger partial charge on any atom is 0.328 e. The molecule has 0 bridgehead atoms. The number of carbonyl (C=O) groups excluding carboxylic acids is 2. The van der Waals surface area contributed by atoms with Gasteiger partial charge in [0.05, 0.1) is 6.61 Å². The van der Waals surface area contributed by atoms with Crippen molar-refractivity contribution in [2.45, 2.75) is 103 Å². The van der Waals surface area contributed by atoms with Gasteiger partial charge in [0.15, 0.2) is 0 Å². The van der Waals surface area contributed by atoms with Crippen LogP contribution in [0.15, 0.2) is 54.6 Å². The van der Waals surface area contributed by atoms with E-state index in [1.165, 1.54) is 64.2 Å². The topological polar surface area (TPSA) is 64.6 Å². The number of rotatable bonds is 20. The minimum atomic E-state index is -0.759. The second-order valence-corrected chi connectivity index (χ2v) is 11.1. The molecular weight excluding hydrogens is 494 g/mol. The number of thioether (sulfide) groups is 1. The molecule has 1 N–H and O–H groups in total. The Labute approximate surface area is 234 Å². The first kappa shape index (κ1) is 31.7. The van der Waals surface area contributed by atoms with Crippen molar-refractivity contribution >= 4 is 23.6 Å². The van der Waals surface area contributed by atoms with Gasteiger partial charge in [-0.1, -0.05) is 95.0 Å². The van der Waals surface area contributed by atoms with Crippen molar-refractivity contribution in [3.8, 4) is 5.75 Å². The fraction of sp³-hybridized carbons (Fsp3) is 0.562. The van der Waals surface area contributed by atoms with Crippen LogP contribution in [0.2, 0.25) is 0 Å². The van der Waals surface area contributed by atoms with Gasteiger partial charge in [0.1, 0.15) is 17.2 Å². The fourth-order valence-electron chi connectivity index (χ4n) is 4.27. The highest BCUT2D eigenvalue weighted by atomic mass is 32.2. The van der Waals surface area contributed by atoms with Gasteiger partial charge in [-0.25, -0.2) is 4.79 Å². The van der Waals surface area contributed by atoms with Crippen LogP contribution in [0.1, 0.15) is 101 Å². The third-order valence-electron chi connectivity index (χ3n) is 6.43. The Kier molecular flexibility index (Phi) is 16.4. The molecule has 2 atom stereocenters. The number of nitrogens with one attached hydrogen (secondary N) is 1. The first-order valence-corrected chi connectivity index (χ1v) is 15.5. The summed E-state index contributed by atoms with van der Waals surface area (Å²) in [4.78, 5) is 25.1. The maximum atomic E-state index is 12.6. The molecule has 0 saturated carbocycles. The van der Waals surface area contributed by atoms with Gasteiger partial charge < -0.3 is 14.8 Å². The second-order valence-electron chi connectivity index (χ2n) is 9.73. The molecule has 0 aliphatic carbocycles. The average Bonchev–Trinajstić information content (AvgIpc) is 2.93. The van der Waals surface area contributed by atoms with Crippen molar-refractivity contribution in [3.05, 3.63) is 65.7 Å². The smallest absolute Gasteiger partial charge is 0.328 e. The van der Waals surface area contributed by atoms with E-state index in [4.69, 9.17) is 9.47 Å². The van der Waals surface area contributed by atoms with Gasteiger partial charge in [0.2, 0.25) is 0 Å². The minimum Gasteiger partial charge on any atom is -0.480 e. The average molecular weight is 542 g/mol. The number of amides is 1. The van der Waals surface area contributed by atoms with Crippen LogP contribution in [0.4, 0.5) is 0 Å². The van der Waals surface area contributed by atoms with Crippen LogP contribution >= 0.6 is 11.8 Å². The van der Waals surface area contributed by atoms with E-state index in [9.17, 15) is 9.59 Å². The summed E-state index contributed by atoms with van der Waals surface area (Å²) >= 11 is 1.85. The van der Waals surface area contributed by atoms with Crippen molar-refractivity contribution in [2.24, 2.45) is 0 Å². The zero-order chi connectivity index (χ0) is 27.4. The van der Waals surface area contributed by atoms with Crippen molar-refractivity contribution in [1.82, 2.24) is 5.32 Å². The molecule has 0 aromatic heterocycles. The van der Waals surface area contributed by atoms with Crippen LogP contribution in [-0.2, 0) is 16.0 Å². The molecule has 1 unspecified atom stereocenters. The Balaban J connectivity index is 1.71. The lowest BCUT2D eigenvalue weighted by molar-refractivity contribution is -0.145. The largest absolute Gasteiger partial charge is 0.480 e. The third-order valence-corrected chi connectivity index (χ3v) is 7.52. The Morgan fingerprint density at radius 3 is 2.03 bits per heavy atom. The van der Waals surface area contributed by atoms with E-state index in [0.717, 1.165) is 17.1 Å². The van der Waals surface area contributed by atoms with Crippen LogP contribution in [0.5, 0.6) is 5.75 Å². The number of esters is 1. The van der Waals surface area contributed by atoms with Gasteiger partial charge in [-0.05, 0) is 55.9 Å². The van der Waals surface area contributed by atoms with E-state index >= 15 is 0 Å². The van der Waals surface area contributed by atoms with E-state index in [1.807, 2.05) is 42.1 Å². The first-order chi connectivity index (χ1) is 18.5. The Hall–Kier alpha value is -2.47. The normalized spacial score (nSPS) is 12.5. The molecule has 210 valence electrons. The maximum absolute atomic E-state index is 12.6. The molecule has 0 saturated heterocycles. The summed E-state index contributed by atoms with van der Waals surface area (Å²) in [5.74, 6) is 1.18. The van der Waals surface area contributed by atoms with Gasteiger partial charge in [-0.2, -0.15) is 0 Å². The molecule has 0 aliphatic rings. The highest BCUT2D eigenvalue weighted by Gasteiger charge is 2.23. The molecule has 0 radical (unpaired) electrons. The molecule has 2 aromatic carbocycles. The highest BCUT2D eigenvalue weighted by Crippen LogP contribution is 2.21. The van der Waals surface area contributed by atoms with E-state index in [1.54, 1.807) is 31.2 Å². The predicted octanol–water partition coefficient (Wildman–Crippen LogP) is 7.97. The lowest BCUT2D eigenvalue weighted by Gasteiger charge is -2.18. The van der Waals surface area contributed by atoms with Crippen LogP contribution in [0, 0.1) is 0 Å². The Morgan fingerprint density at radius 2 is 1.42 bits per heavy atom. The molecule has 6 heteroatoms. The van der Waals surface area contributed by atoms with Crippen molar-refractivity contribution in [3.63, 3.8) is 0 Å². The van der Waals surface area contributed by atoms with Crippen LogP contribution in [-0.4, -0.2) is 35.7 Å². The Bertz CT molecular complexity index is 903. The predicted molar refractivity (Wildman–Crippen MR) is 159 cm³/mol. The molecule has 1 amide bonds. The van der Waals surface area contributed by atoms with Crippen molar-refractivity contribution in [2.75, 3.05) is 12.4 Å². The van der Waals surface area contributed by atoms with E-state index in [-0.39, 0.29) is 18.0 Å². The van der Waals surface area contributed by atoms with Crippen molar-refractivity contribution in [1.29, 1.82) is 0 Å². The molecule has 0 heterocycles. The zero-order valence-corrected chi connectivity index (χ0v) is 24.4. The highest BCUT2D eigenvalue weighted by molar-refractivity contribution is 7.99. The summed E-state index contributed by atoms with van der Waals surface area (Å²) in [6.45, 7) is 6.38. The standard InChI is InChI=1S/C32H47NO4S/c1-4-6-7-8-9-10-11-12-13-17-24-38-26(3)37-29-22-20-27(21-23-29)25-30(32(35)36-5-2)33-31(34)28-18-15-14-16-19-28/h14-16,18-23,26,30H,4-13,17,24-25H2,1-3H3,(H,33,34)/t26?,30-/m0/s1. The number of carbonyl (C=O) groups is 2. The summed E-state index contributed by atoms with van der Waals surface area (Å²) in [6, 6.07) is 15.9. The minimum absolute atomic E-state index is 0.0804. The molecule has 0 spiro atoms. The summed E-state index contributed by atoms with van der Waals surface area (Å²) in [7, 11) is 0. The van der Waals surface area contributed by atoms with Crippen LogP contribution < -0.4 is 10.1 Å². The lowest BCUT2D eigenvalue weighted by atomic mass is 10.0. The summed E-state index contributed by atoms with van der Waals surface area (Å²) in [5.41, 5.74) is 1.51. The molecule has 0 fully saturated rings. The first-order valence-electron chi connectivity index (χ1n) is 14.4. The van der Waals surface area contributed by atoms with Crippen molar-refractivity contribution < 1.29 is 19.1 Å². The second kappa shape index (κ2) is 19.6.